The largest absolute Gasteiger partial charge is 0.477 e. The number of nitrogens with zero attached hydrogens (tertiary/aromatic N) is 5. The molecule has 0 atom stereocenters. The van der Waals surface area contributed by atoms with Crippen LogP contribution in [0.5, 0.6) is 0 Å². The second kappa shape index (κ2) is 5.89. The maximum Gasteiger partial charge on any atom is 0.354 e. The lowest BCUT2D eigenvalue weighted by molar-refractivity contribution is 0.0680. The summed E-state index contributed by atoms with van der Waals surface area (Å²) in [6.45, 7) is 1.93. The Morgan fingerprint density at radius 3 is 2.54 bits per heavy atom. The Hall–Kier alpha value is -3.01. The van der Waals surface area contributed by atoms with Crippen LogP contribution in [0.15, 0.2) is 17.8 Å². The number of nitrogens with one attached hydrogen (secondary N) is 1. The van der Waals surface area contributed by atoms with Crippen molar-refractivity contribution < 1.29 is 14.7 Å². The fourth-order valence-corrected chi connectivity index (χ4v) is 2.93. The zero-order chi connectivity index (χ0) is 17.4. The first-order valence-corrected chi connectivity index (χ1v) is 7.77. The molecule has 0 unspecified atom stereocenters. The van der Waals surface area contributed by atoms with Crippen LogP contribution in [-0.2, 0) is 14.1 Å². The van der Waals surface area contributed by atoms with Crippen molar-refractivity contribution in [2.45, 2.75) is 6.92 Å². The van der Waals surface area contributed by atoms with Gasteiger partial charge in [-0.2, -0.15) is 10.2 Å². The second-order valence-corrected chi connectivity index (χ2v) is 5.95. The number of amides is 1. The molecular formula is C14H14N6O3S. The highest BCUT2D eigenvalue weighted by molar-refractivity contribution is 7.14. The molecule has 10 heteroatoms. The standard InChI is InChI=1S/C14H14N6O3S/c1-7-8(4-15-19(7)2)10-6-24-14(17-10)18-12(21)9-5-16-20(3)11(9)13(22)23/h4-6H,1-3H3,(H,22,23)(H,17,18,21). The number of carbonyl (C=O) groups is 2. The number of aryl methyl sites for hydroxylation is 2. The number of carboxylic acid groups (broad SMARTS) is 1. The molecule has 0 fully saturated rings. The SMILES string of the molecule is Cc1c(-c2csc(NC(=O)c3cnn(C)c3C(=O)O)n2)cnn1C. The lowest BCUT2D eigenvalue weighted by Crippen LogP contribution is -2.17. The van der Waals surface area contributed by atoms with Gasteiger partial charge in [0.25, 0.3) is 5.91 Å². The van der Waals surface area contributed by atoms with E-state index in [1.54, 1.807) is 16.3 Å². The van der Waals surface area contributed by atoms with E-state index in [-0.39, 0.29) is 11.3 Å². The van der Waals surface area contributed by atoms with E-state index in [1.807, 2.05) is 14.0 Å². The lowest BCUT2D eigenvalue weighted by atomic mass is 10.2. The van der Waals surface area contributed by atoms with Crippen molar-refractivity contribution in [3.63, 3.8) is 0 Å². The fraction of sp³-hybridized carbons (Fsp3) is 0.214. The van der Waals surface area contributed by atoms with E-state index >= 15 is 0 Å². The third-order valence-corrected chi connectivity index (χ3v) is 4.38. The van der Waals surface area contributed by atoms with Crippen LogP contribution in [-0.4, -0.2) is 41.5 Å². The minimum Gasteiger partial charge on any atom is -0.477 e. The van der Waals surface area contributed by atoms with Gasteiger partial charge in [0.15, 0.2) is 10.8 Å². The number of aromatic nitrogens is 5. The monoisotopic (exact) mass is 346 g/mol. The molecule has 0 bridgehead atoms. The van der Waals surface area contributed by atoms with Crippen molar-refractivity contribution in [2.75, 3.05) is 5.32 Å². The van der Waals surface area contributed by atoms with Crippen LogP contribution in [0.1, 0.15) is 26.5 Å². The minimum atomic E-state index is -1.22. The van der Waals surface area contributed by atoms with Crippen molar-refractivity contribution in [2.24, 2.45) is 14.1 Å². The van der Waals surface area contributed by atoms with Crippen LogP contribution in [0.2, 0.25) is 0 Å². The molecule has 0 saturated heterocycles. The summed E-state index contributed by atoms with van der Waals surface area (Å²) >= 11 is 1.25. The Morgan fingerprint density at radius 2 is 1.92 bits per heavy atom. The molecule has 0 aliphatic rings. The third-order valence-electron chi connectivity index (χ3n) is 3.62. The van der Waals surface area contributed by atoms with Gasteiger partial charge >= 0.3 is 5.97 Å². The summed E-state index contributed by atoms with van der Waals surface area (Å²) in [5.41, 5.74) is 2.35. The number of thiazole rings is 1. The predicted octanol–water partition coefficient (Wildman–Crippen LogP) is 1.54. The van der Waals surface area contributed by atoms with E-state index in [4.69, 9.17) is 0 Å². The molecule has 9 nitrogen and oxygen atoms in total. The molecule has 3 rings (SSSR count). The number of carboxylic acids is 1. The van der Waals surface area contributed by atoms with Gasteiger partial charge in [0.2, 0.25) is 0 Å². The van der Waals surface area contributed by atoms with Gasteiger partial charge < -0.3 is 5.11 Å². The lowest BCUT2D eigenvalue weighted by Gasteiger charge is -2.01. The molecule has 0 spiro atoms. The summed E-state index contributed by atoms with van der Waals surface area (Å²) in [6.07, 6.45) is 2.93. The fourth-order valence-electron chi connectivity index (χ4n) is 2.23. The van der Waals surface area contributed by atoms with Gasteiger partial charge in [-0.15, -0.1) is 11.3 Å². The molecule has 2 N–H and O–H groups in total. The van der Waals surface area contributed by atoms with Crippen molar-refractivity contribution in [3.05, 3.63) is 34.7 Å². The quantitative estimate of drug-likeness (QED) is 0.740. The van der Waals surface area contributed by atoms with E-state index < -0.39 is 11.9 Å². The number of hydrogen-bond acceptors (Lipinski definition) is 6. The highest BCUT2D eigenvalue weighted by Gasteiger charge is 2.22. The van der Waals surface area contributed by atoms with Crippen LogP contribution < -0.4 is 5.32 Å². The Bertz CT molecular complexity index is 938. The average molecular weight is 346 g/mol. The average Bonchev–Trinajstić information content (AvgIpc) is 3.20. The molecule has 124 valence electrons. The predicted molar refractivity (Wildman–Crippen MR) is 87.2 cm³/mol. The molecule has 0 aliphatic heterocycles. The Kier molecular flexibility index (Phi) is 3.89. The Balaban J connectivity index is 1.84. The number of hydrogen-bond donors (Lipinski definition) is 2. The van der Waals surface area contributed by atoms with Gasteiger partial charge in [-0.1, -0.05) is 0 Å². The highest BCUT2D eigenvalue weighted by atomic mass is 32.1. The molecule has 0 radical (unpaired) electrons. The molecule has 0 aliphatic carbocycles. The summed E-state index contributed by atoms with van der Waals surface area (Å²) in [4.78, 5) is 27.9. The van der Waals surface area contributed by atoms with Crippen molar-refractivity contribution >= 4 is 28.3 Å². The molecule has 3 heterocycles. The number of rotatable bonds is 4. The smallest absolute Gasteiger partial charge is 0.354 e. The van der Waals surface area contributed by atoms with Gasteiger partial charge in [0, 0.05) is 30.7 Å². The Morgan fingerprint density at radius 1 is 1.21 bits per heavy atom. The van der Waals surface area contributed by atoms with Crippen molar-refractivity contribution in [1.29, 1.82) is 0 Å². The first-order valence-electron chi connectivity index (χ1n) is 6.89. The topological polar surface area (TPSA) is 115 Å². The second-order valence-electron chi connectivity index (χ2n) is 5.09. The van der Waals surface area contributed by atoms with E-state index in [2.05, 4.69) is 20.5 Å². The van der Waals surface area contributed by atoms with Gasteiger partial charge in [0.05, 0.1) is 23.7 Å². The minimum absolute atomic E-state index is 0.0145. The molecule has 3 aromatic heterocycles. The number of anilines is 1. The first-order chi connectivity index (χ1) is 11.4. The Labute approximate surface area is 140 Å². The normalized spacial score (nSPS) is 10.8. The number of carbonyl (C=O) groups excluding carboxylic acids is 1. The van der Waals surface area contributed by atoms with Gasteiger partial charge in [-0.3, -0.25) is 19.5 Å². The molecule has 24 heavy (non-hydrogen) atoms. The van der Waals surface area contributed by atoms with Gasteiger partial charge in [-0.05, 0) is 6.92 Å². The summed E-state index contributed by atoms with van der Waals surface area (Å²) in [6, 6.07) is 0. The van der Waals surface area contributed by atoms with Crippen LogP contribution in [0.3, 0.4) is 0 Å². The maximum absolute atomic E-state index is 12.3. The van der Waals surface area contributed by atoms with E-state index in [0.29, 0.717) is 10.8 Å². The van der Waals surface area contributed by atoms with E-state index in [0.717, 1.165) is 15.9 Å². The van der Waals surface area contributed by atoms with Crippen LogP contribution in [0.25, 0.3) is 11.3 Å². The third kappa shape index (κ3) is 2.67. The van der Waals surface area contributed by atoms with Gasteiger partial charge in [-0.25, -0.2) is 9.78 Å². The van der Waals surface area contributed by atoms with Crippen LogP contribution in [0, 0.1) is 6.92 Å². The van der Waals surface area contributed by atoms with Crippen molar-refractivity contribution in [3.8, 4) is 11.3 Å². The molecule has 1 amide bonds. The zero-order valence-electron chi connectivity index (χ0n) is 13.1. The van der Waals surface area contributed by atoms with E-state index in [9.17, 15) is 14.7 Å². The summed E-state index contributed by atoms with van der Waals surface area (Å²) in [5.74, 6) is -1.78. The van der Waals surface area contributed by atoms with Gasteiger partial charge in [0.1, 0.15) is 0 Å². The molecule has 3 aromatic rings. The van der Waals surface area contributed by atoms with Crippen LogP contribution >= 0.6 is 11.3 Å². The van der Waals surface area contributed by atoms with E-state index in [1.165, 1.54) is 24.6 Å². The maximum atomic E-state index is 12.3. The molecular weight excluding hydrogens is 332 g/mol. The highest BCUT2D eigenvalue weighted by Crippen LogP contribution is 2.27. The van der Waals surface area contributed by atoms with Crippen molar-refractivity contribution in [1.82, 2.24) is 24.5 Å². The number of aromatic carboxylic acids is 1. The first kappa shape index (κ1) is 15.9. The summed E-state index contributed by atoms with van der Waals surface area (Å²) in [7, 11) is 3.30. The molecule has 0 aromatic carbocycles. The molecule has 0 saturated carbocycles. The zero-order valence-corrected chi connectivity index (χ0v) is 14.0. The summed E-state index contributed by atoms with van der Waals surface area (Å²) < 4.78 is 2.88. The summed E-state index contributed by atoms with van der Waals surface area (Å²) in [5, 5.41) is 21.9. The van der Waals surface area contributed by atoms with Crippen LogP contribution in [0.4, 0.5) is 5.13 Å².